The minimum absolute atomic E-state index is 0.0747. The molecule has 0 radical (unpaired) electrons. The number of carbonyl (C=O) groups excluding carboxylic acids is 3. The van der Waals surface area contributed by atoms with Crippen molar-refractivity contribution >= 4 is 17.9 Å². The summed E-state index contributed by atoms with van der Waals surface area (Å²) in [5.41, 5.74) is 0. The van der Waals surface area contributed by atoms with Crippen molar-refractivity contribution in [3.63, 3.8) is 0 Å². The van der Waals surface area contributed by atoms with E-state index in [1.54, 1.807) is 0 Å². The van der Waals surface area contributed by atoms with Gasteiger partial charge in [-0.2, -0.15) is 0 Å². The van der Waals surface area contributed by atoms with Gasteiger partial charge in [0.05, 0.1) is 0 Å². The van der Waals surface area contributed by atoms with Gasteiger partial charge in [0.15, 0.2) is 6.10 Å². The molecular weight excluding hydrogens is 865 g/mol. The molecule has 0 amide bonds. The van der Waals surface area contributed by atoms with Crippen LogP contribution in [0, 0.1) is 0 Å². The molecule has 6 heteroatoms. The Morgan fingerprint density at radius 3 is 0.843 bits per heavy atom. The van der Waals surface area contributed by atoms with E-state index < -0.39 is 6.10 Å². The molecule has 0 saturated heterocycles. The van der Waals surface area contributed by atoms with Crippen molar-refractivity contribution in [3.8, 4) is 0 Å². The van der Waals surface area contributed by atoms with Crippen LogP contribution in [-0.2, 0) is 28.6 Å². The molecule has 1 atom stereocenters. The Kier molecular flexibility index (Phi) is 57.2. The summed E-state index contributed by atoms with van der Waals surface area (Å²) in [6, 6.07) is 0. The second-order valence-electron chi connectivity index (χ2n) is 21.0. The summed E-state index contributed by atoms with van der Waals surface area (Å²) in [4.78, 5) is 38.2. The van der Waals surface area contributed by atoms with Gasteiger partial charge in [0.2, 0.25) is 0 Å². The Balaban J connectivity index is 4.33. The van der Waals surface area contributed by atoms with Crippen LogP contribution in [0.2, 0.25) is 0 Å². The largest absolute Gasteiger partial charge is 0.462 e. The highest BCUT2D eigenvalue weighted by molar-refractivity contribution is 5.71. The zero-order valence-corrected chi connectivity index (χ0v) is 47.1. The van der Waals surface area contributed by atoms with Crippen LogP contribution < -0.4 is 0 Å². The summed E-state index contributed by atoms with van der Waals surface area (Å²) in [6.45, 7) is 6.65. The average molecular weight is 984 g/mol. The van der Waals surface area contributed by atoms with Crippen molar-refractivity contribution in [1.82, 2.24) is 0 Å². The number of allylic oxidation sites excluding steroid dienone is 6. The number of ether oxygens (including phenoxy) is 3. The van der Waals surface area contributed by atoms with Crippen molar-refractivity contribution in [2.45, 2.75) is 341 Å². The summed E-state index contributed by atoms with van der Waals surface area (Å²) >= 11 is 0. The number of hydrogen-bond acceptors (Lipinski definition) is 6. The SMILES string of the molecule is CCCCC/C=C\C=C/CCCCCCCCCCCCC(=O)OCC(COC(=O)CCCCC/C=C\CCCCCCCCC)OC(=O)CCCCCCCCCCCCCCCCCCCCC. The van der Waals surface area contributed by atoms with Gasteiger partial charge in [-0.25, -0.2) is 0 Å². The summed E-state index contributed by atoms with van der Waals surface area (Å²) in [5.74, 6) is -0.872. The molecule has 0 aromatic carbocycles. The van der Waals surface area contributed by atoms with E-state index in [1.165, 1.54) is 225 Å². The Morgan fingerprint density at radius 2 is 0.514 bits per heavy atom. The first kappa shape index (κ1) is 67.6. The zero-order chi connectivity index (χ0) is 50.7. The fraction of sp³-hybridized carbons (Fsp3) is 0.859. The van der Waals surface area contributed by atoms with Gasteiger partial charge in [-0.05, 0) is 70.6 Å². The van der Waals surface area contributed by atoms with Crippen LogP contribution in [-0.4, -0.2) is 37.2 Å². The van der Waals surface area contributed by atoms with Crippen LogP contribution in [0.25, 0.3) is 0 Å². The number of hydrogen-bond donors (Lipinski definition) is 0. The standard InChI is InChI=1S/C64H118O6/c1-4-7-10-13-16-19-22-25-28-30-32-34-36-39-42-45-48-51-54-57-63(66)69-60-61(59-68-62(65)56-53-50-47-44-41-38-27-24-21-18-15-12-9-6-3)70-64(67)58-55-52-49-46-43-40-37-35-33-31-29-26-23-20-17-14-11-8-5-2/h16,19,22,25,38,41,61H,4-15,17-18,20-21,23-24,26-37,39-40,42-60H2,1-3H3/b19-16-,25-22-,41-38-. The summed E-state index contributed by atoms with van der Waals surface area (Å²) in [5, 5.41) is 0. The first-order chi connectivity index (χ1) is 34.5. The maximum atomic E-state index is 12.9. The topological polar surface area (TPSA) is 78.9 Å². The average Bonchev–Trinajstić information content (AvgIpc) is 3.36. The van der Waals surface area contributed by atoms with E-state index in [9.17, 15) is 14.4 Å². The lowest BCUT2D eigenvalue weighted by Gasteiger charge is -2.18. The monoisotopic (exact) mass is 983 g/mol. The van der Waals surface area contributed by atoms with E-state index >= 15 is 0 Å². The van der Waals surface area contributed by atoms with Gasteiger partial charge >= 0.3 is 17.9 Å². The Bertz CT molecular complexity index is 1170. The maximum Gasteiger partial charge on any atom is 0.306 e. The van der Waals surface area contributed by atoms with Crippen molar-refractivity contribution in [2.75, 3.05) is 13.2 Å². The summed E-state index contributed by atoms with van der Waals surface area (Å²) < 4.78 is 16.9. The number of rotatable bonds is 57. The molecule has 0 aliphatic rings. The van der Waals surface area contributed by atoms with Gasteiger partial charge < -0.3 is 14.2 Å². The molecule has 0 aliphatic carbocycles. The molecule has 0 bridgehead atoms. The number of unbranched alkanes of at least 4 members (excludes halogenated alkanes) is 41. The Morgan fingerprint density at radius 1 is 0.286 bits per heavy atom. The molecule has 70 heavy (non-hydrogen) atoms. The molecule has 0 saturated carbocycles. The first-order valence-electron chi connectivity index (χ1n) is 31.0. The summed E-state index contributed by atoms with van der Waals surface area (Å²) in [7, 11) is 0. The molecule has 1 unspecified atom stereocenters. The normalized spacial score (nSPS) is 12.2. The van der Waals surface area contributed by atoms with E-state index in [-0.39, 0.29) is 31.1 Å². The van der Waals surface area contributed by atoms with Crippen molar-refractivity contribution < 1.29 is 28.6 Å². The lowest BCUT2D eigenvalue weighted by molar-refractivity contribution is -0.167. The Hall–Kier alpha value is -2.37. The summed E-state index contributed by atoms with van der Waals surface area (Å²) in [6.07, 6.45) is 71.4. The molecule has 0 rings (SSSR count). The molecule has 410 valence electrons. The maximum absolute atomic E-state index is 12.9. The van der Waals surface area contributed by atoms with Gasteiger partial charge in [0.25, 0.3) is 0 Å². The first-order valence-corrected chi connectivity index (χ1v) is 31.0. The highest BCUT2D eigenvalue weighted by Gasteiger charge is 2.19. The highest BCUT2D eigenvalue weighted by Crippen LogP contribution is 2.17. The van der Waals surface area contributed by atoms with Gasteiger partial charge in [-0.1, -0.05) is 282 Å². The number of esters is 3. The van der Waals surface area contributed by atoms with Crippen LogP contribution in [0.3, 0.4) is 0 Å². The fourth-order valence-electron chi connectivity index (χ4n) is 9.20. The Labute approximate surface area is 435 Å². The van der Waals surface area contributed by atoms with Crippen LogP contribution in [0.4, 0.5) is 0 Å². The van der Waals surface area contributed by atoms with Crippen LogP contribution in [0.5, 0.6) is 0 Å². The fourth-order valence-corrected chi connectivity index (χ4v) is 9.20. The minimum Gasteiger partial charge on any atom is -0.462 e. The molecule has 0 fully saturated rings. The minimum atomic E-state index is -0.777. The van der Waals surface area contributed by atoms with Gasteiger partial charge in [0, 0.05) is 19.3 Å². The van der Waals surface area contributed by atoms with E-state index in [1.807, 2.05) is 0 Å². The molecular formula is C64H118O6. The van der Waals surface area contributed by atoms with E-state index in [4.69, 9.17) is 14.2 Å². The van der Waals surface area contributed by atoms with Gasteiger partial charge in [-0.15, -0.1) is 0 Å². The molecule has 0 aromatic heterocycles. The quantitative estimate of drug-likeness (QED) is 0.0199. The lowest BCUT2D eigenvalue weighted by Crippen LogP contribution is -2.30. The molecule has 0 aliphatic heterocycles. The smallest absolute Gasteiger partial charge is 0.306 e. The van der Waals surface area contributed by atoms with Crippen LogP contribution in [0.15, 0.2) is 36.5 Å². The molecule has 0 aromatic rings. The third-order valence-electron chi connectivity index (χ3n) is 13.9. The molecule has 0 heterocycles. The zero-order valence-electron chi connectivity index (χ0n) is 47.1. The van der Waals surface area contributed by atoms with Gasteiger partial charge in [0.1, 0.15) is 13.2 Å². The highest BCUT2D eigenvalue weighted by atomic mass is 16.6. The predicted octanol–water partition coefficient (Wildman–Crippen LogP) is 20.8. The van der Waals surface area contributed by atoms with Crippen molar-refractivity contribution in [3.05, 3.63) is 36.5 Å². The third-order valence-corrected chi connectivity index (χ3v) is 13.9. The molecule has 0 spiro atoms. The van der Waals surface area contributed by atoms with E-state index in [0.29, 0.717) is 19.3 Å². The second kappa shape index (κ2) is 59.2. The third kappa shape index (κ3) is 56.5. The van der Waals surface area contributed by atoms with E-state index in [0.717, 1.165) is 70.6 Å². The van der Waals surface area contributed by atoms with E-state index in [2.05, 4.69) is 57.2 Å². The number of carbonyl (C=O) groups is 3. The van der Waals surface area contributed by atoms with Crippen molar-refractivity contribution in [2.24, 2.45) is 0 Å². The van der Waals surface area contributed by atoms with Crippen LogP contribution >= 0.6 is 0 Å². The second-order valence-corrected chi connectivity index (χ2v) is 21.0. The van der Waals surface area contributed by atoms with Crippen LogP contribution in [0.1, 0.15) is 335 Å². The predicted molar refractivity (Wildman–Crippen MR) is 302 cm³/mol. The lowest BCUT2D eigenvalue weighted by atomic mass is 10.0. The van der Waals surface area contributed by atoms with Crippen molar-refractivity contribution in [1.29, 1.82) is 0 Å². The van der Waals surface area contributed by atoms with Gasteiger partial charge in [-0.3, -0.25) is 14.4 Å². The molecule has 6 nitrogen and oxygen atoms in total. The molecule has 0 N–H and O–H groups in total.